The topological polar surface area (TPSA) is 105 Å². The third-order valence-electron chi connectivity index (χ3n) is 3.54. The molecule has 2 aromatic rings. The molecular formula is C19H20N2O5. The van der Waals surface area contributed by atoms with E-state index in [1.54, 1.807) is 43.3 Å². The van der Waals surface area contributed by atoms with E-state index >= 15 is 0 Å². The van der Waals surface area contributed by atoms with Crippen molar-refractivity contribution >= 4 is 23.7 Å². The quantitative estimate of drug-likeness (QED) is 0.662. The lowest BCUT2D eigenvalue weighted by molar-refractivity contribution is -0.139. The second-order valence-corrected chi connectivity index (χ2v) is 5.48. The number of ether oxygens (including phenoxy) is 1. The summed E-state index contributed by atoms with van der Waals surface area (Å²) in [5, 5.41) is 14.3. The lowest BCUT2D eigenvalue weighted by Gasteiger charge is -2.15. The zero-order valence-corrected chi connectivity index (χ0v) is 14.3. The molecule has 1 atom stereocenters. The van der Waals surface area contributed by atoms with E-state index in [0.717, 1.165) is 5.56 Å². The molecule has 0 unspecified atom stereocenters. The van der Waals surface area contributed by atoms with Gasteiger partial charge in [-0.05, 0) is 36.8 Å². The van der Waals surface area contributed by atoms with Crippen LogP contribution in [0.3, 0.4) is 0 Å². The van der Waals surface area contributed by atoms with Crippen LogP contribution in [0, 0.1) is 0 Å². The number of aliphatic carboxylic acids is 1. The van der Waals surface area contributed by atoms with Crippen molar-refractivity contribution in [1.29, 1.82) is 0 Å². The van der Waals surface area contributed by atoms with Crippen molar-refractivity contribution in [1.82, 2.24) is 5.32 Å². The molecule has 2 aromatic carbocycles. The molecule has 136 valence electrons. The molecule has 2 rings (SSSR count). The van der Waals surface area contributed by atoms with Gasteiger partial charge >= 0.3 is 18.0 Å². The highest BCUT2D eigenvalue weighted by Gasteiger charge is 2.20. The fourth-order valence-corrected chi connectivity index (χ4v) is 2.28. The Labute approximate surface area is 151 Å². The number of carbonyl (C=O) groups excluding carboxylic acids is 2. The summed E-state index contributed by atoms with van der Waals surface area (Å²) in [6.07, 6.45) is 0.172. The molecule has 0 fully saturated rings. The van der Waals surface area contributed by atoms with Gasteiger partial charge < -0.3 is 20.5 Å². The molecule has 7 nitrogen and oxygen atoms in total. The minimum atomic E-state index is -1.12. The first-order chi connectivity index (χ1) is 12.5. The molecule has 7 heteroatoms. The second-order valence-electron chi connectivity index (χ2n) is 5.48. The fraction of sp³-hybridized carbons (Fsp3) is 0.211. The van der Waals surface area contributed by atoms with Crippen molar-refractivity contribution in [2.75, 3.05) is 11.9 Å². The normalized spacial score (nSPS) is 11.3. The van der Waals surface area contributed by atoms with Crippen molar-refractivity contribution in [2.24, 2.45) is 0 Å². The maximum absolute atomic E-state index is 12.1. The van der Waals surface area contributed by atoms with Crippen molar-refractivity contribution in [3.05, 3.63) is 65.7 Å². The standard InChI is InChI=1S/C19H20N2O5/c1-2-26-18(24)14-8-10-15(11-9-14)20-19(25)21-16(17(22)23)12-13-6-4-3-5-7-13/h3-11,16H,2,12H2,1H3,(H,22,23)(H2,20,21,25)/t16-/m1/s1. The summed E-state index contributed by atoms with van der Waals surface area (Å²) in [6, 6.07) is 13.5. The summed E-state index contributed by atoms with van der Waals surface area (Å²) >= 11 is 0. The van der Waals surface area contributed by atoms with Crippen molar-refractivity contribution < 1.29 is 24.2 Å². The number of nitrogens with one attached hydrogen (secondary N) is 2. The largest absolute Gasteiger partial charge is 0.480 e. The van der Waals surface area contributed by atoms with Crippen LogP contribution in [-0.2, 0) is 16.0 Å². The molecule has 0 saturated carbocycles. The summed E-state index contributed by atoms with van der Waals surface area (Å²) in [4.78, 5) is 35.0. The number of carbonyl (C=O) groups is 3. The summed E-state index contributed by atoms with van der Waals surface area (Å²) in [5.74, 6) is -1.57. The number of carboxylic acids is 1. The van der Waals surface area contributed by atoms with E-state index in [1.807, 2.05) is 6.07 Å². The van der Waals surface area contributed by atoms with Crippen LogP contribution < -0.4 is 10.6 Å². The van der Waals surface area contributed by atoms with Gasteiger partial charge in [0.15, 0.2) is 0 Å². The number of urea groups is 1. The van der Waals surface area contributed by atoms with Gasteiger partial charge in [0.2, 0.25) is 0 Å². The summed E-state index contributed by atoms with van der Waals surface area (Å²) in [5.41, 5.74) is 1.60. The molecule has 0 aliphatic heterocycles. The van der Waals surface area contributed by atoms with Gasteiger partial charge in [-0.25, -0.2) is 14.4 Å². The van der Waals surface area contributed by atoms with Gasteiger partial charge in [-0.3, -0.25) is 0 Å². The number of benzene rings is 2. The van der Waals surface area contributed by atoms with Gasteiger partial charge in [0.25, 0.3) is 0 Å². The molecule has 0 radical (unpaired) electrons. The van der Waals surface area contributed by atoms with Gasteiger partial charge in [0, 0.05) is 12.1 Å². The molecule has 0 saturated heterocycles. The minimum Gasteiger partial charge on any atom is -0.480 e. The van der Waals surface area contributed by atoms with Crippen LogP contribution in [0.25, 0.3) is 0 Å². The van der Waals surface area contributed by atoms with Crippen LogP contribution in [0.2, 0.25) is 0 Å². The number of hydrogen-bond donors (Lipinski definition) is 3. The number of amides is 2. The molecular weight excluding hydrogens is 336 g/mol. The Hall–Kier alpha value is -3.35. The smallest absolute Gasteiger partial charge is 0.338 e. The number of hydrogen-bond acceptors (Lipinski definition) is 4. The highest BCUT2D eigenvalue weighted by molar-refractivity contribution is 5.94. The van der Waals surface area contributed by atoms with E-state index in [2.05, 4.69) is 10.6 Å². The van der Waals surface area contributed by atoms with E-state index in [-0.39, 0.29) is 13.0 Å². The Morgan fingerprint density at radius 2 is 1.69 bits per heavy atom. The average Bonchev–Trinajstić information content (AvgIpc) is 2.62. The highest BCUT2D eigenvalue weighted by atomic mass is 16.5. The summed E-state index contributed by atoms with van der Waals surface area (Å²) < 4.78 is 4.88. The van der Waals surface area contributed by atoms with Gasteiger partial charge in [0.05, 0.1) is 12.2 Å². The fourth-order valence-electron chi connectivity index (χ4n) is 2.28. The molecule has 2 amide bonds. The first-order valence-corrected chi connectivity index (χ1v) is 8.11. The number of rotatable bonds is 7. The third kappa shape index (κ3) is 5.62. The molecule has 0 aromatic heterocycles. The number of esters is 1. The number of anilines is 1. The molecule has 0 aliphatic carbocycles. The minimum absolute atomic E-state index is 0.172. The van der Waals surface area contributed by atoms with Crippen LogP contribution in [0.5, 0.6) is 0 Å². The van der Waals surface area contributed by atoms with Crippen LogP contribution >= 0.6 is 0 Å². The van der Waals surface area contributed by atoms with Gasteiger partial charge in [-0.2, -0.15) is 0 Å². The monoisotopic (exact) mass is 356 g/mol. The van der Waals surface area contributed by atoms with E-state index in [1.165, 1.54) is 12.1 Å². The average molecular weight is 356 g/mol. The van der Waals surface area contributed by atoms with Crippen LogP contribution in [-0.4, -0.2) is 35.7 Å². The predicted octanol–water partition coefficient (Wildman–Crippen LogP) is 2.68. The van der Waals surface area contributed by atoms with Crippen molar-refractivity contribution in [2.45, 2.75) is 19.4 Å². The zero-order valence-electron chi connectivity index (χ0n) is 14.3. The Kier molecular flexibility index (Phi) is 6.73. The van der Waals surface area contributed by atoms with Gasteiger partial charge in [-0.1, -0.05) is 30.3 Å². The van der Waals surface area contributed by atoms with Crippen LogP contribution in [0.15, 0.2) is 54.6 Å². The van der Waals surface area contributed by atoms with Crippen molar-refractivity contribution in [3.63, 3.8) is 0 Å². The van der Waals surface area contributed by atoms with E-state index in [0.29, 0.717) is 11.3 Å². The summed E-state index contributed by atoms with van der Waals surface area (Å²) in [7, 11) is 0. The van der Waals surface area contributed by atoms with Gasteiger partial charge in [-0.15, -0.1) is 0 Å². The molecule has 26 heavy (non-hydrogen) atoms. The third-order valence-corrected chi connectivity index (χ3v) is 3.54. The first-order valence-electron chi connectivity index (χ1n) is 8.11. The van der Waals surface area contributed by atoms with Gasteiger partial charge in [0.1, 0.15) is 6.04 Å². The zero-order chi connectivity index (χ0) is 18.9. The first kappa shape index (κ1) is 19.0. The predicted molar refractivity (Wildman–Crippen MR) is 96.1 cm³/mol. The molecule has 0 spiro atoms. The van der Waals surface area contributed by atoms with Crippen LogP contribution in [0.1, 0.15) is 22.8 Å². The molecule has 0 heterocycles. The SMILES string of the molecule is CCOC(=O)c1ccc(NC(=O)N[C@H](Cc2ccccc2)C(=O)O)cc1. The Bertz CT molecular complexity index is 759. The maximum atomic E-state index is 12.1. The molecule has 0 bridgehead atoms. The van der Waals surface area contributed by atoms with Crippen LogP contribution in [0.4, 0.5) is 10.5 Å². The maximum Gasteiger partial charge on any atom is 0.338 e. The van der Waals surface area contributed by atoms with E-state index in [4.69, 9.17) is 4.74 Å². The van der Waals surface area contributed by atoms with E-state index < -0.39 is 24.0 Å². The Balaban J connectivity index is 1.95. The second kappa shape index (κ2) is 9.22. The van der Waals surface area contributed by atoms with E-state index in [9.17, 15) is 19.5 Å². The molecule has 3 N–H and O–H groups in total. The lowest BCUT2D eigenvalue weighted by Crippen LogP contribution is -2.44. The Morgan fingerprint density at radius 3 is 2.27 bits per heavy atom. The summed E-state index contributed by atoms with van der Waals surface area (Å²) in [6.45, 7) is 1.99. The lowest BCUT2D eigenvalue weighted by atomic mass is 10.1. The number of carboxylic acid groups (broad SMARTS) is 1. The highest BCUT2D eigenvalue weighted by Crippen LogP contribution is 2.11. The Morgan fingerprint density at radius 1 is 1.04 bits per heavy atom. The molecule has 0 aliphatic rings. The van der Waals surface area contributed by atoms with Crippen molar-refractivity contribution in [3.8, 4) is 0 Å².